The Morgan fingerprint density at radius 1 is 1.23 bits per heavy atom. The summed E-state index contributed by atoms with van der Waals surface area (Å²) in [6.07, 6.45) is 5.14. The van der Waals surface area contributed by atoms with Gasteiger partial charge in [-0.1, -0.05) is 26.0 Å². The lowest BCUT2D eigenvalue weighted by Gasteiger charge is -2.28. The third-order valence-corrected chi connectivity index (χ3v) is 3.88. The van der Waals surface area contributed by atoms with Crippen molar-refractivity contribution in [2.24, 2.45) is 5.41 Å². The van der Waals surface area contributed by atoms with E-state index in [-0.39, 0.29) is 17.1 Å². The van der Waals surface area contributed by atoms with Gasteiger partial charge >= 0.3 is 0 Å². The van der Waals surface area contributed by atoms with Crippen molar-refractivity contribution >= 4 is 11.7 Å². The van der Waals surface area contributed by atoms with Crippen LogP contribution in [0.25, 0.3) is 5.78 Å². The largest absolute Gasteiger partial charge is 0.332 e. The zero-order valence-electron chi connectivity index (χ0n) is 13.5. The number of hydrogen-bond acceptors (Lipinski definition) is 4. The summed E-state index contributed by atoms with van der Waals surface area (Å²) in [5.41, 5.74) is 1.85. The molecule has 0 radical (unpaired) electrons. The summed E-state index contributed by atoms with van der Waals surface area (Å²) in [6, 6.07) is 1.92. The van der Waals surface area contributed by atoms with E-state index in [9.17, 15) is 4.79 Å². The average molecular weight is 299 g/mol. The summed E-state index contributed by atoms with van der Waals surface area (Å²) in [5, 5.41) is 4.33. The second kappa shape index (κ2) is 5.19. The first-order chi connectivity index (χ1) is 10.4. The van der Waals surface area contributed by atoms with Crippen molar-refractivity contribution in [3.63, 3.8) is 0 Å². The van der Waals surface area contributed by atoms with Gasteiger partial charge in [-0.15, -0.1) is 5.10 Å². The van der Waals surface area contributed by atoms with Crippen molar-refractivity contribution in [2.45, 2.75) is 34.1 Å². The molecule has 22 heavy (non-hydrogen) atoms. The Labute approximate surface area is 129 Å². The van der Waals surface area contributed by atoms with Crippen molar-refractivity contribution in [1.29, 1.82) is 0 Å². The van der Waals surface area contributed by atoms with Crippen LogP contribution in [0.2, 0.25) is 0 Å². The molecule has 3 heterocycles. The quantitative estimate of drug-likeness (QED) is 0.757. The molecule has 0 saturated carbocycles. The molecule has 0 bridgehead atoms. The van der Waals surface area contributed by atoms with E-state index in [1.165, 1.54) is 0 Å². The normalized spacial score (nSPS) is 17.7. The predicted octanol–water partition coefficient (Wildman–Crippen LogP) is 2.17. The van der Waals surface area contributed by atoms with Crippen molar-refractivity contribution in [3.05, 3.63) is 35.4 Å². The summed E-state index contributed by atoms with van der Waals surface area (Å²) in [4.78, 5) is 23.2. The van der Waals surface area contributed by atoms with Gasteiger partial charge in [-0.2, -0.15) is 4.98 Å². The van der Waals surface area contributed by atoms with E-state index >= 15 is 0 Å². The summed E-state index contributed by atoms with van der Waals surface area (Å²) in [5.74, 6) is 0.556. The van der Waals surface area contributed by atoms with Crippen LogP contribution in [-0.2, 0) is 0 Å². The number of allylic oxidation sites excluding steroid dienone is 1. The van der Waals surface area contributed by atoms with E-state index < -0.39 is 0 Å². The van der Waals surface area contributed by atoms with Gasteiger partial charge in [0.1, 0.15) is 0 Å². The second-order valence-electron chi connectivity index (χ2n) is 6.71. The smallest absolute Gasteiger partial charge is 0.293 e. The summed E-state index contributed by atoms with van der Waals surface area (Å²) in [6.45, 7) is 9.46. The molecule has 6 nitrogen and oxygen atoms in total. The van der Waals surface area contributed by atoms with E-state index in [4.69, 9.17) is 0 Å². The summed E-state index contributed by atoms with van der Waals surface area (Å²) in [7, 11) is 0. The number of hydrogen-bond donors (Lipinski definition) is 0. The van der Waals surface area contributed by atoms with Crippen molar-refractivity contribution in [1.82, 2.24) is 24.5 Å². The average Bonchev–Trinajstić information content (AvgIpc) is 2.76. The molecule has 6 heteroatoms. The number of aromatic nitrogens is 4. The van der Waals surface area contributed by atoms with Gasteiger partial charge in [-0.25, -0.2) is 9.50 Å². The molecule has 3 rings (SSSR count). The van der Waals surface area contributed by atoms with E-state index in [0.717, 1.165) is 17.8 Å². The number of carbonyl (C=O) groups is 1. The third kappa shape index (κ3) is 2.73. The molecule has 0 atom stereocenters. The Morgan fingerprint density at radius 2 is 2.00 bits per heavy atom. The Kier molecular flexibility index (Phi) is 3.47. The highest BCUT2D eigenvalue weighted by molar-refractivity contribution is 5.91. The molecule has 1 aliphatic heterocycles. The van der Waals surface area contributed by atoms with Gasteiger partial charge < -0.3 is 4.90 Å². The fraction of sp³-hybridized carbons (Fsp3) is 0.500. The van der Waals surface area contributed by atoms with Crippen LogP contribution in [0.15, 0.2) is 18.2 Å². The lowest BCUT2D eigenvalue weighted by molar-refractivity contribution is 0.0705. The second-order valence-corrected chi connectivity index (χ2v) is 6.71. The number of fused-ring (bicyclic) bond motifs is 1. The fourth-order valence-electron chi connectivity index (χ4n) is 2.80. The summed E-state index contributed by atoms with van der Waals surface area (Å²) >= 11 is 0. The molecule has 2 aromatic rings. The fourth-order valence-corrected chi connectivity index (χ4v) is 2.80. The van der Waals surface area contributed by atoms with Gasteiger partial charge in [0.2, 0.25) is 5.82 Å². The van der Waals surface area contributed by atoms with Gasteiger partial charge in [-0.05, 0) is 31.7 Å². The van der Waals surface area contributed by atoms with Crippen LogP contribution in [0, 0.1) is 19.3 Å². The lowest BCUT2D eigenvalue weighted by atomic mass is 9.89. The third-order valence-electron chi connectivity index (χ3n) is 3.88. The highest BCUT2D eigenvalue weighted by Gasteiger charge is 2.28. The monoisotopic (exact) mass is 299 g/mol. The van der Waals surface area contributed by atoms with Gasteiger partial charge in [0.25, 0.3) is 11.7 Å². The number of aryl methyl sites for hydroxylation is 2. The zero-order valence-corrected chi connectivity index (χ0v) is 13.5. The number of nitrogens with zero attached hydrogens (tertiary/aromatic N) is 5. The molecule has 0 spiro atoms. The van der Waals surface area contributed by atoms with Crippen LogP contribution >= 0.6 is 0 Å². The van der Waals surface area contributed by atoms with Crippen LogP contribution in [0.1, 0.15) is 42.3 Å². The first-order valence-corrected chi connectivity index (χ1v) is 7.51. The van der Waals surface area contributed by atoms with Crippen LogP contribution < -0.4 is 0 Å². The SMILES string of the molecule is Cc1cc(C)n2nc(C(=O)N3CC=CCC(C)(C)C3)nc2n1. The molecular weight excluding hydrogens is 278 g/mol. The maximum atomic E-state index is 12.7. The number of carbonyl (C=O) groups excluding carboxylic acids is 1. The topological polar surface area (TPSA) is 63.4 Å². The van der Waals surface area contributed by atoms with Gasteiger partial charge in [0.05, 0.1) is 0 Å². The molecule has 1 amide bonds. The van der Waals surface area contributed by atoms with Crippen LogP contribution in [0.3, 0.4) is 0 Å². The van der Waals surface area contributed by atoms with Gasteiger partial charge in [0, 0.05) is 24.5 Å². The molecule has 0 N–H and O–H groups in total. The zero-order chi connectivity index (χ0) is 15.9. The highest BCUT2D eigenvalue weighted by atomic mass is 16.2. The molecule has 0 aliphatic carbocycles. The van der Waals surface area contributed by atoms with Crippen LogP contribution in [0.5, 0.6) is 0 Å². The van der Waals surface area contributed by atoms with E-state index in [1.54, 1.807) is 9.42 Å². The van der Waals surface area contributed by atoms with Gasteiger partial charge in [0.15, 0.2) is 0 Å². The van der Waals surface area contributed by atoms with Crippen LogP contribution in [0.4, 0.5) is 0 Å². The molecule has 0 aromatic carbocycles. The van der Waals surface area contributed by atoms with Crippen molar-refractivity contribution in [3.8, 4) is 0 Å². The van der Waals surface area contributed by atoms with E-state index in [1.807, 2.05) is 26.0 Å². The molecule has 0 saturated heterocycles. The Balaban J connectivity index is 1.95. The van der Waals surface area contributed by atoms with Gasteiger partial charge in [-0.3, -0.25) is 4.79 Å². The minimum absolute atomic E-state index is 0.0621. The minimum Gasteiger partial charge on any atom is -0.332 e. The number of amides is 1. The molecule has 0 fully saturated rings. The maximum absolute atomic E-state index is 12.7. The van der Waals surface area contributed by atoms with E-state index in [2.05, 4.69) is 35.0 Å². The highest BCUT2D eigenvalue weighted by Crippen LogP contribution is 2.25. The first-order valence-electron chi connectivity index (χ1n) is 7.51. The molecule has 116 valence electrons. The van der Waals surface area contributed by atoms with Crippen molar-refractivity contribution in [2.75, 3.05) is 13.1 Å². The molecule has 2 aromatic heterocycles. The van der Waals surface area contributed by atoms with Crippen LogP contribution in [-0.4, -0.2) is 43.5 Å². The summed E-state index contributed by atoms with van der Waals surface area (Å²) < 4.78 is 1.62. The Hall–Kier alpha value is -2.24. The molecule has 1 aliphatic rings. The maximum Gasteiger partial charge on any atom is 0.293 e. The molecule has 0 unspecified atom stereocenters. The Bertz CT molecular complexity index is 759. The predicted molar refractivity (Wildman–Crippen MR) is 83.7 cm³/mol. The van der Waals surface area contributed by atoms with E-state index in [0.29, 0.717) is 18.9 Å². The lowest BCUT2D eigenvalue weighted by Crippen LogP contribution is -2.38. The first kappa shape index (κ1) is 14.7. The Morgan fingerprint density at radius 3 is 2.77 bits per heavy atom. The molecular formula is C16H21N5O. The standard InChI is InChI=1S/C16H21N5O/c1-11-9-12(2)21-15(17-11)18-13(19-21)14(22)20-8-6-5-7-16(3,4)10-20/h5-6,9H,7-8,10H2,1-4H3. The number of rotatable bonds is 1. The minimum atomic E-state index is -0.137. The van der Waals surface area contributed by atoms with Crippen molar-refractivity contribution < 1.29 is 4.79 Å².